The molecule has 9 nitrogen and oxygen atoms in total. The molecule has 1 aromatic heterocycles. The third-order valence-corrected chi connectivity index (χ3v) is 6.00. The number of likely N-dealkylation sites (N-methyl/N-ethyl adjacent to an activating group) is 1. The minimum Gasteiger partial charge on any atom is -0.484 e. The van der Waals surface area contributed by atoms with E-state index in [9.17, 15) is 9.59 Å². The summed E-state index contributed by atoms with van der Waals surface area (Å²) in [5.74, 6) is 0.956. The molecule has 0 radical (unpaired) electrons. The summed E-state index contributed by atoms with van der Waals surface area (Å²) >= 11 is 1.43. The zero-order valence-corrected chi connectivity index (χ0v) is 19.7. The van der Waals surface area contributed by atoms with Gasteiger partial charge in [-0.25, -0.2) is 14.8 Å². The van der Waals surface area contributed by atoms with Crippen LogP contribution in [0.4, 0.5) is 16.3 Å². The topological polar surface area (TPSA) is 108 Å². The average Bonchev–Trinajstić information content (AvgIpc) is 2.98. The van der Waals surface area contributed by atoms with Gasteiger partial charge in [-0.1, -0.05) is 48.2 Å². The normalized spacial score (nSPS) is 14.2. The number of hydrogen-bond donors (Lipinski definition) is 2. The van der Waals surface area contributed by atoms with Crippen LogP contribution in [0, 0.1) is 0 Å². The molecule has 3 aromatic rings. The van der Waals surface area contributed by atoms with Crippen LogP contribution in [0.5, 0.6) is 5.75 Å². The Labute approximate surface area is 201 Å². The lowest BCUT2D eigenvalue weighted by molar-refractivity contribution is 0.0989. The molecule has 1 aliphatic heterocycles. The zero-order chi connectivity index (χ0) is 24.1. The summed E-state index contributed by atoms with van der Waals surface area (Å²) in [5.41, 5.74) is 1.96. The monoisotopic (exact) mass is 479 g/mol. The average molecular weight is 480 g/mol. The van der Waals surface area contributed by atoms with Crippen LogP contribution < -0.4 is 19.9 Å². The van der Waals surface area contributed by atoms with Gasteiger partial charge >= 0.3 is 6.09 Å². The molecule has 176 valence electrons. The molecule has 1 atom stereocenters. The van der Waals surface area contributed by atoms with Crippen LogP contribution in [0.2, 0.25) is 0 Å². The highest BCUT2D eigenvalue weighted by atomic mass is 32.2. The van der Waals surface area contributed by atoms with Gasteiger partial charge in [0.2, 0.25) is 0 Å². The Kier molecular flexibility index (Phi) is 7.17. The third-order valence-electron chi connectivity index (χ3n) is 5.44. The van der Waals surface area contributed by atoms with Gasteiger partial charge in [-0.15, -0.1) is 0 Å². The Bertz CT molecular complexity index is 1180. The molecule has 0 aliphatic carbocycles. The van der Waals surface area contributed by atoms with Crippen molar-refractivity contribution in [2.24, 2.45) is 0 Å². The standard InChI is InChI=1S/C24H25N5O4S/c1-28-11-12-29(22(30)19-14-25-23(34-2)27-21(19)28)17-9-6-10-18(13-17)33-20(15-26-24(31)32)16-7-4-3-5-8-16/h3-10,13-14,20,26H,11-12,15H2,1-2H3,(H,31,32). The number of ether oxygens (including phenoxy) is 1. The highest BCUT2D eigenvalue weighted by Crippen LogP contribution is 2.30. The predicted octanol–water partition coefficient (Wildman–Crippen LogP) is 3.68. The van der Waals surface area contributed by atoms with E-state index in [1.807, 2.05) is 60.7 Å². The van der Waals surface area contributed by atoms with Gasteiger partial charge in [0.15, 0.2) is 5.16 Å². The fourth-order valence-electron chi connectivity index (χ4n) is 3.71. The molecule has 0 fully saturated rings. The second-order valence-corrected chi connectivity index (χ2v) is 8.45. The lowest BCUT2D eigenvalue weighted by Gasteiger charge is -2.23. The zero-order valence-electron chi connectivity index (χ0n) is 18.8. The van der Waals surface area contributed by atoms with Gasteiger partial charge in [0, 0.05) is 38.1 Å². The number of hydrogen-bond acceptors (Lipinski definition) is 7. The number of aromatic nitrogens is 2. The second-order valence-electron chi connectivity index (χ2n) is 7.67. The SMILES string of the molecule is CSc1ncc2c(n1)N(C)CCN(c1cccc(OC(CNC(=O)O)c3ccccc3)c1)C2=O. The van der Waals surface area contributed by atoms with Gasteiger partial charge in [-0.05, 0) is 24.0 Å². The predicted molar refractivity (Wildman–Crippen MR) is 131 cm³/mol. The van der Waals surface area contributed by atoms with E-state index in [2.05, 4.69) is 15.3 Å². The van der Waals surface area contributed by atoms with E-state index in [1.165, 1.54) is 11.8 Å². The quantitative estimate of drug-likeness (QED) is 0.390. The van der Waals surface area contributed by atoms with Crippen molar-refractivity contribution >= 4 is 35.3 Å². The second kappa shape index (κ2) is 10.4. The lowest BCUT2D eigenvalue weighted by atomic mass is 10.1. The first-order valence-corrected chi connectivity index (χ1v) is 11.9. The van der Waals surface area contributed by atoms with Crippen molar-refractivity contribution < 1.29 is 19.4 Å². The molecular weight excluding hydrogens is 454 g/mol. The summed E-state index contributed by atoms with van der Waals surface area (Å²) in [7, 11) is 1.91. The molecule has 34 heavy (non-hydrogen) atoms. The number of fused-ring (bicyclic) bond motifs is 1. The maximum atomic E-state index is 13.4. The number of anilines is 2. The summed E-state index contributed by atoms with van der Waals surface area (Å²) in [6.45, 7) is 1.15. The first-order chi connectivity index (χ1) is 16.5. The van der Waals surface area contributed by atoms with Crippen LogP contribution in [-0.4, -0.2) is 60.0 Å². The minimum atomic E-state index is -1.12. The van der Waals surface area contributed by atoms with Crippen LogP contribution in [0.25, 0.3) is 0 Å². The molecule has 0 spiro atoms. The van der Waals surface area contributed by atoms with Crippen molar-refractivity contribution in [3.8, 4) is 5.75 Å². The van der Waals surface area contributed by atoms with E-state index in [0.717, 1.165) is 5.56 Å². The van der Waals surface area contributed by atoms with E-state index in [1.54, 1.807) is 23.2 Å². The lowest BCUT2D eigenvalue weighted by Crippen LogP contribution is -2.33. The van der Waals surface area contributed by atoms with Gasteiger partial charge < -0.3 is 25.0 Å². The summed E-state index contributed by atoms with van der Waals surface area (Å²) in [5, 5.41) is 12.1. The molecular formula is C24H25N5O4S. The number of carbonyl (C=O) groups excluding carboxylic acids is 1. The molecule has 2 amide bonds. The fraction of sp³-hybridized carbons (Fsp3) is 0.250. The van der Waals surface area contributed by atoms with Crippen LogP contribution in [0.3, 0.4) is 0 Å². The van der Waals surface area contributed by atoms with E-state index in [-0.39, 0.29) is 12.5 Å². The highest BCUT2D eigenvalue weighted by molar-refractivity contribution is 7.98. The van der Waals surface area contributed by atoms with Gasteiger partial charge in [0.25, 0.3) is 5.91 Å². The Morgan fingerprint density at radius 2 is 2.00 bits per heavy atom. The number of nitrogens with zero attached hydrogens (tertiary/aromatic N) is 4. The Hall–Kier alpha value is -3.79. The molecule has 0 saturated heterocycles. The van der Waals surface area contributed by atoms with E-state index >= 15 is 0 Å². The summed E-state index contributed by atoms with van der Waals surface area (Å²) in [4.78, 5) is 36.9. The number of carboxylic acid groups (broad SMARTS) is 1. The first kappa shape index (κ1) is 23.4. The van der Waals surface area contributed by atoms with Crippen molar-refractivity contribution in [1.82, 2.24) is 15.3 Å². The van der Waals surface area contributed by atoms with E-state index < -0.39 is 12.2 Å². The molecule has 2 heterocycles. The Morgan fingerprint density at radius 1 is 1.21 bits per heavy atom. The van der Waals surface area contributed by atoms with Crippen molar-refractivity contribution in [3.05, 3.63) is 71.9 Å². The summed E-state index contributed by atoms with van der Waals surface area (Å²) < 4.78 is 6.17. The molecule has 0 bridgehead atoms. The maximum Gasteiger partial charge on any atom is 0.404 e. The number of nitrogens with one attached hydrogen (secondary N) is 1. The molecule has 2 N–H and O–H groups in total. The number of benzene rings is 2. The molecule has 0 saturated carbocycles. The minimum absolute atomic E-state index is 0.0828. The Balaban J connectivity index is 1.61. The number of carbonyl (C=O) groups is 2. The molecule has 4 rings (SSSR count). The summed E-state index contributed by atoms with van der Waals surface area (Å²) in [6.07, 6.45) is 1.82. The Morgan fingerprint density at radius 3 is 2.74 bits per heavy atom. The molecule has 1 aliphatic rings. The van der Waals surface area contributed by atoms with Crippen LogP contribution >= 0.6 is 11.8 Å². The highest BCUT2D eigenvalue weighted by Gasteiger charge is 2.28. The van der Waals surface area contributed by atoms with Crippen molar-refractivity contribution in [2.45, 2.75) is 11.3 Å². The molecule has 10 heteroatoms. The van der Waals surface area contributed by atoms with Gasteiger partial charge in [0.1, 0.15) is 23.2 Å². The first-order valence-electron chi connectivity index (χ1n) is 10.7. The fourth-order valence-corrected chi connectivity index (χ4v) is 4.05. The van der Waals surface area contributed by atoms with Crippen LogP contribution in [-0.2, 0) is 0 Å². The van der Waals surface area contributed by atoms with Gasteiger partial charge in [0.05, 0.1) is 6.54 Å². The van der Waals surface area contributed by atoms with Crippen molar-refractivity contribution in [1.29, 1.82) is 0 Å². The van der Waals surface area contributed by atoms with Crippen LogP contribution in [0.1, 0.15) is 22.0 Å². The van der Waals surface area contributed by atoms with Crippen molar-refractivity contribution in [3.63, 3.8) is 0 Å². The largest absolute Gasteiger partial charge is 0.484 e. The third kappa shape index (κ3) is 5.23. The molecule has 2 aromatic carbocycles. The van der Waals surface area contributed by atoms with E-state index in [0.29, 0.717) is 41.1 Å². The van der Waals surface area contributed by atoms with E-state index in [4.69, 9.17) is 9.84 Å². The summed E-state index contributed by atoms with van der Waals surface area (Å²) in [6, 6.07) is 16.6. The van der Waals surface area contributed by atoms with Crippen LogP contribution in [0.15, 0.2) is 66.0 Å². The number of amides is 2. The number of thioether (sulfide) groups is 1. The van der Waals surface area contributed by atoms with Crippen molar-refractivity contribution in [2.75, 3.05) is 42.7 Å². The smallest absolute Gasteiger partial charge is 0.404 e. The molecule has 1 unspecified atom stereocenters. The maximum absolute atomic E-state index is 13.4. The van der Waals surface area contributed by atoms with Gasteiger partial charge in [-0.3, -0.25) is 4.79 Å². The van der Waals surface area contributed by atoms with Gasteiger partial charge in [-0.2, -0.15) is 0 Å². The number of rotatable bonds is 7.